The van der Waals surface area contributed by atoms with Gasteiger partial charge in [-0.25, -0.2) is 0 Å². The normalized spacial score (nSPS) is 16.6. The second-order valence-electron chi connectivity index (χ2n) is 5.92. The Hall–Kier alpha value is -1.84. The number of amides is 1. The summed E-state index contributed by atoms with van der Waals surface area (Å²) in [5, 5.41) is 11.8. The number of hydrogen-bond acceptors (Lipinski definition) is 4. The van der Waals surface area contributed by atoms with Gasteiger partial charge < -0.3 is 19.9 Å². The highest BCUT2D eigenvalue weighted by Gasteiger charge is 2.21. The lowest BCUT2D eigenvalue weighted by atomic mass is 10.0. The minimum absolute atomic E-state index is 0.112. The summed E-state index contributed by atoms with van der Waals surface area (Å²) in [7, 11) is 0. The number of hydrogen-bond donors (Lipinski definition) is 2. The van der Waals surface area contributed by atoms with Crippen molar-refractivity contribution < 1.29 is 9.53 Å². The molecule has 1 aliphatic heterocycles. The zero-order valence-electron chi connectivity index (χ0n) is 13.3. The third kappa shape index (κ3) is 4.86. The van der Waals surface area contributed by atoms with E-state index < -0.39 is 0 Å². The Morgan fingerprint density at radius 3 is 2.86 bits per heavy atom. The molecule has 2 N–H and O–H groups in total. The molecule has 0 bridgehead atoms. The van der Waals surface area contributed by atoms with Gasteiger partial charge >= 0.3 is 0 Å². The van der Waals surface area contributed by atoms with Gasteiger partial charge in [0.1, 0.15) is 11.8 Å². The van der Waals surface area contributed by atoms with Crippen LogP contribution in [0.25, 0.3) is 0 Å². The molecule has 0 spiro atoms. The van der Waals surface area contributed by atoms with Crippen molar-refractivity contribution in [1.29, 1.82) is 5.26 Å². The number of rotatable bonds is 6. The largest absolute Gasteiger partial charge is 0.377 e. The number of carbonyl (C=O) groups is 1. The van der Waals surface area contributed by atoms with Gasteiger partial charge in [-0.05, 0) is 32.8 Å². The molecule has 0 saturated carbocycles. The van der Waals surface area contributed by atoms with Gasteiger partial charge in [0.25, 0.3) is 5.91 Å². The van der Waals surface area contributed by atoms with E-state index in [1.165, 1.54) is 0 Å². The first-order valence-electron chi connectivity index (χ1n) is 7.82. The van der Waals surface area contributed by atoms with E-state index in [0.29, 0.717) is 11.3 Å². The second-order valence-corrected chi connectivity index (χ2v) is 5.92. The van der Waals surface area contributed by atoms with Crippen molar-refractivity contribution in [2.75, 3.05) is 26.2 Å². The molecule has 1 aromatic rings. The summed E-state index contributed by atoms with van der Waals surface area (Å²) in [5.41, 5.74) is 0.925. The molecular weight excluding hydrogens is 280 g/mol. The van der Waals surface area contributed by atoms with Gasteiger partial charge in [0.05, 0.1) is 18.3 Å². The first-order chi connectivity index (χ1) is 10.6. The average molecular weight is 304 g/mol. The van der Waals surface area contributed by atoms with Gasteiger partial charge in [0, 0.05) is 31.9 Å². The molecule has 1 saturated heterocycles. The van der Waals surface area contributed by atoms with Crippen molar-refractivity contribution in [3.63, 3.8) is 0 Å². The summed E-state index contributed by atoms with van der Waals surface area (Å²) in [6, 6.07) is 3.77. The molecule has 0 unspecified atom stereocenters. The smallest absolute Gasteiger partial charge is 0.253 e. The Balaban J connectivity index is 1.71. The van der Waals surface area contributed by atoms with Gasteiger partial charge in [0.15, 0.2) is 0 Å². The molecule has 22 heavy (non-hydrogen) atoms. The van der Waals surface area contributed by atoms with Gasteiger partial charge in [-0.1, -0.05) is 0 Å². The first kappa shape index (κ1) is 16.5. The van der Waals surface area contributed by atoms with E-state index in [1.807, 2.05) is 19.9 Å². The summed E-state index contributed by atoms with van der Waals surface area (Å²) in [5.74, 6) is -0.112. The summed E-state index contributed by atoms with van der Waals surface area (Å²) >= 11 is 0. The lowest BCUT2D eigenvalue weighted by Gasteiger charge is -2.32. The molecule has 120 valence electrons. The van der Waals surface area contributed by atoms with Crippen LogP contribution in [-0.2, 0) is 4.74 Å². The monoisotopic (exact) mass is 304 g/mol. The van der Waals surface area contributed by atoms with Crippen LogP contribution in [0.1, 0.15) is 42.7 Å². The number of nitrogens with zero attached hydrogens (tertiary/aromatic N) is 2. The zero-order valence-corrected chi connectivity index (χ0v) is 13.3. The van der Waals surface area contributed by atoms with E-state index in [1.54, 1.807) is 12.3 Å². The average Bonchev–Trinajstić information content (AvgIpc) is 2.98. The Bertz CT molecular complexity index is 524. The number of aromatic nitrogens is 1. The summed E-state index contributed by atoms with van der Waals surface area (Å²) in [6.07, 6.45) is 3.74. The molecule has 2 rings (SSSR count). The number of nitrogens with one attached hydrogen (secondary N) is 2. The van der Waals surface area contributed by atoms with E-state index in [2.05, 4.69) is 15.2 Å². The van der Waals surface area contributed by atoms with E-state index in [9.17, 15) is 4.79 Å². The zero-order chi connectivity index (χ0) is 15.9. The molecule has 0 aliphatic carbocycles. The molecule has 1 aromatic heterocycles. The number of carbonyl (C=O) groups excluding carboxylic acids is 1. The maximum atomic E-state index is 12.1. The molecule has 1 fully saturated rings. The summed E-state index contributed by atoms with van der Waals surface area (Å²) in [4.78, 5) is 17.2. The minimum Gasteiger partial charge on any atom is -0.377 e. The number of likely N-dealkylation sites (tertiary alicyclic amines) is 1. The highest BCUT2D eigenvalue weighted by atomic mass is 16.5. The van der Waals surface area contributed by atoms with E-state index >= 15 is 0 Å². The Kier molecular flexibility index (Phi) is 5.99. The van der Waals surface area contributed by atoms with Crippen molar-refractivity contribution in [1.82, 2.24) is 15.2 Å². The van der Waals surface area contributed by atoms with Crippen LogP contribution in [0.3, 0.4) is 0 Å². The lowest BCUT2D eigenvalue weighted by Crippen LogP contribution is -2.45. The fourth-order valence-electron chi connectivity index (χ4n) is 2.58. The van der Waals surface area contributed by atoms with Crippen molar-refractivity contribution >= 4 is 5.91 Å². The highest BCUT2D eigenvalue weighted by Crippen LogP contribution is 2.11. The third-order valence-electron chi connectivity index (χ3n) is 3.85. The SMILES string of the molecule is CC(C)OCCN1CCC(NC(=O)c2c[nH]c(C#N)c2)CC1. The van der Waals surface area contributed by atoms with Gasteiger partial charge in [-0.3, -0.25) is 4.79 Å². The van der Waals surface area contributed by atoms with Crippen LogP contribution >= 0.6 is 0 Å². The van der Waals surface area contributed by atoms with Gasteiger partial charge in [0.2, 0.25) is 0 Å². The topological polar surface area (TPSA) is 81.2 Å². The number of piperidine rings is 1. The lowest BCUT2D eigenvalue weighted by molar-refractivity contribution is 0.0520. The molecule has 6 nitrogen and oxygen atoms in total. The van der Waals surface area contributed by atoms with Crippen molar-refractivity contribution in [3.8, 4) is 6.07 Å². The van der Waals surface area contributed by atoms with Crippen LogP contribution in [0.5, 0.6) is 0 Å². The molecule has 0 aromatic carbocycles. The molecule has 0 radical (unpaired) electrons. The number of aromatic amines is 1. The third-order valence-corrected chi connectivity index (χ3v) is 3.85. The van der Waals surface area contributed by atoms with E-state index in [-0.39, 0.29) is 18.1 Å². The van der Waals surface area contributed by atoms with Crippen molar-refractivity contribution in [2.24, 2.45) is 0 Å². The first-order valence-corrected chi connectivity index (χ1v) is 7.82. The van der Waals surface area contributed by atoms with Crippen molar-refractivity contribution in [3.05, 3.63) is 23.5 Å². The molecule has 6 heteroatoms. The predicted octanol–water partition coefficient (Wildman–Crippen LogP) is 1.51. The second kappa shape index (κ2) is 7.97. The van der Waals surface area contributed by atoms with Crippen LogP contribution in [-0.4, -0.2) is 54.2 Å². The van der Waals surface area contributed by atoms with E-state index in [0.717, 1.165) is 39.1 Å². The van der Waals surface area contributed by atoms with Crippen LogP contribution in [0, 0.1) is 11.3 Å². The molecule has 1 aliphatic rings. The number of ether oxygens (including phenoxy) is 1. The minimum atomic E-state index is -0.112. The van der Waals surface area contributed by atoms with Crippen molar-refractivity contribution in [2.45, 2.75) is 38.8 Å². The van der Waals surface area contributed by atoms with Crippen LogP contribution in [0.2, 0.25) is 0 Å². The number of nitriles is 1. The Labute approximate surface area is 131 Å². The van der Waals surface area contributed by atoms with Crippen LogP contribution in [0.4, 0.5) is 0 Å². The summed E-state index contributed by atoms with van der Waals surface area (Å²) in [6.45, 7) is 7.74. The molecule has 1 amide bonds. The van der Waals surface area contributed by atoms with Gasteiger partial charge in [-0.15, -0.1) is 0 Å². The molecule has 2 heterocycles. The van der Waals surface area contributed by atoms with Crippen LogP contribution < -0.4 is 5.32 Å². The highest BCUT2D eigenvalue weighted by molar-refractivity contribution is 5.94. The predicted molar refractivity (Wildman–Crippen MR) is 83.5 cm³/mol. The molecule has 0 atom stereocenters. The fourth-order valence-corrected chi connectivity index (χ4v) is 2.58. The maximum absolute atomic E-state index is 12.1. The Morgan fingerprint density at radius 1 is 1.55 bits per heavy atom. The van der Waals surface area contributed by atoms with Gasteiger partial charge in [-0.2, -0.15) is 5.26 Å². The van der Waals surface area contributed by atoms with E-state index in [4.69, 9.17) is 10.00 Å². The Morgan fingerprint density at radius 2 is 2.27 bits per heavy atom. The standard InChI is InChI=1S/C16H24N4O2/c1-12(2)22-8-7-20-5-3-14(4-6-20)19-16(21)13-9-15(10-17)18-11-13/h9,11-12,14,18H,3-8H2,1-2H3,(H,19,21). The van der Waals surface area contributed by atoms with Crippen LogP contribution in [0.15, 0.2) is 12.3 Å². The molecular formula is C16H24N4O2. The number of H-pyrrole nitrogens is 1. The fraction of sp³-hybridized carbons (Fsp3) is 0.625. The summed E-state index contributed by atoms with van der Waals surface area (Å²) < 4.78 is 5.57. The maximum Gasteiger partial charge on any atom is 0.253 e. The quantitative estimate of drug-likeness (QED) is 0.834.